The number of fused-ring (bicyclic) bond motifs is 1. The molecule has 0 aromatic carbocycles. The van der Waals surface area contributed by atoms with Crippen LogP contribution in [0, 0.1) is 5.82 Å². The number of hydrogen-bond donors (Lipinski definition) is 0. The van der Waals surface area contributed by atoms with Crippen molar-refractivity contribution in [3.8, 4) is 0 Å². The molecule has 2 aromatic heterocycles. The van der Waals surface area contributed by atoms with Gasteiger partial charge in [0, 0.05) is 32.0 Å². The summed E-state index contributed by atoms with van der Waals surface area (Å²) in [4.78, 5) is 16.7. The van der Waals surface area contributed by atoms with E-state index in [9.17, 15) is 4.39 Å². The number of rotatable bonds is 3. The van der Waals surface area contributed by atoms with E-state index < -0.39 is 5.82 Å². The predicted octanol–water partition coefficient (Wildman–Crippen LogP) is 1.64. The zero-order chi connectivity index (χ0) is 14.8. The summed E-state index contributed by atoms with van der Waals surface area (Å²) in [5.74, 6) is 0.158. The van der Waals surface area contributed by atoms with E-state index in [1.165, 1.54) is 29.1 Å². The molecule has 2 aromatic rings. The fourth-order valence-corrected chi connectivity index (χ4v) is 2.68. The standard InChI is InChI=1S/C15H18FN5/c1-20(2)9-11-5-17-6-12-10-21(4-3-14(11)12)15-18-7-13(16)8-19-15/h5-8H,3-4,9-10H2,1-2H3. The summed E-state index contributed by atoms with van der Waals surface area (Å²) in [6.45, 7) is 2.45. The molecule has 0 N–H and O–H groups in total. The van der Waals surface area contributed by atoms with Crippen LogP contribution in [0.4, 0.5) is 10.3 Å². The van der Waals surface area contributed by atoms with Crippen LogP contribution >= 0.6 is 0 Å². The van der Waals surface area contributed by atoms with E-state index in [1.54, 1.807) is 0 Å². The highest BCUT2D eigenvalue weighted by Gasteiger charge is 2.21. The molecule has 0 aliphatic carbocycles. The Hall–Kier alpha value is -2.08. The zero-order valence-electron chi connectivity index (χ0n) is 12.3. The Balaban J connectivity index is 1.84. The van der Waals surface area contributed by atoms with E-state index in [1.807, 2.05) is 12.4 Å². The lowest BCUT2D eigenvalue weighted by molar-refractivity contribution is 0.399. The van der Waals surface area contributed by atoms with Crippen molar-refractivity contribution in [2.75, 3.05) is 25.5 Å². The average molecular weight is 287 g/mol. The largest absolute Gasteiger partial charge is 0.336 e. The molecule has 5 nitrogen and oxygen atoms in total. The quantitative estimate of drug-likeness (QED) is 0.858. The summed E-state index contributed by atoms with van der Waals surface area (Å²) < 4.78 is 12.9. The molecule has 0 atom stereocenters. The van der Waals surface area contributed by atoms with Crippen molar-refractivity contribution >= 4 is 5.95 Å². The minimum absolute atomic E-state index is 0.411. The van der Waals surface area contributed by atoms with E-state index in [0.717, 1.165) is 26.1 Å². The first-order valence-corrected chi connectivity index (χ1v) is 6.95. The fourth-order valence-electron chi connectivity index (χ4n) is 2.68. The average Bonchev–Trinajstić information content (AvgIpc) is 2.47. The van der Waals surface area contributed by atoms with Crippen molar-refractivity contribution in [1.29, 1.82) is 0 Å². The van der Waals surface area contributed by atoms with Crippen molar-refractivity contribution in [1.82, 2.24) is 19.9 Å². The Labute approximate surface area is 123 Å². The second-order valence-electron chi connectivity index (χ2n) is 5.55. The van der Waals surface area contributed by atoms with Crippen molar-refractivity contribution in [3.63, 3.8) is 0 Å². The number of anilines is 1. The van der Waals surface area contributed by atoms with Crippen LogP contribution in [0.5, 0.6) is 0 Å². The maximum atomic E-state index is 12.9. The second-order valence-corrected chi connectivity index (χ2v) is 5.55. The van der Waals surface area contributed by atoms with Crippen LogP contribution in [0.15, 0.2) is 24.8 Å². The van der Waals surface area contributed by atoms with Crippen molar-refractivity contribution in [3.05, 3.63) is 47.3 Å². The molecule has 3 heterocycles. The Kier molecular flexibility index (Phi) is 3.79. The normalized spacial score (nSPS) is 14.4. The molecule has 0 amide bonds. The molecule has 0 bridgehead atoms. The highest BCUT2D eigenvalue weighted by molar-refractivity contribution is 5.41. The molecule has 1 aliphatic rings. The van der Waals surface area contributed by atoms with Crippen molar-refractivity contribution in [2.24, 2.45) is 0 Å². The molecule has 0 radical (unpaired) electrons. The number of aromatic nitrogens is 3. The van der Waals surface area contributed by atoms with Gasteiger partial charge in [-0.15, -0.1) is 0 Å². The number of hydrogen-bond acceptors (Lipinski definition) is 5. The van der Waals surface area contributed by atoms with Crippen LogP contribution in [-0.4, -0.2) is 40.5 Å². The summed E-state index contributed by atoms with van der Waals surface area (Å²) in [6, 6.07) is 0. The topological polar surface area (TPSA) is 45.2 Å². The van der Waals surface area contributed by atoms with Gasteiger partial charge in [0.05, 0.1) is 12.4 Å². The van der Waals surface area contributed by atoms with Crippen LogP contribution in [0.2, 0.25) is 0 Å². The van der Waals surface area contributed by atoms with Gasteiger partial charge in [0.2, 0.25) is 5.95 Å². The first-order chi connectivity index (χ1) is 10.1. The Morgan fingerprint density at radius 1 is 1.19 bits per heavy atom. The third-order valence-corrected chi connectivity index (χ3v) is 3.61. The van der Waals surface area contributed by atoms with Gasteiger partial charge in [-0.3, -0.25) is 4.98 Å². The highest BCUT2D eigenvalue weighted by Crippen LogP contribution is 2.24. The zero-order valence-corrected chi connectivity index (χ0v) is 12.3. The number of pyridine rings is 1. The van der Waals surface area contributed by atoms with Gasteiger partial charge in [-0.1, -0.05) is 0 Å². The lowest BCUT2D eigenvalue weighted by Gasteiger charge is -2.30. The molecular weight excluding hydrogens is 269 g/mol. The van der Waals surface area contributed by atoms with Crippen LogP contribution in [0.1, 0.15) is 16.7 Å². The molecule has 0 saturated heterocycles. The van der Waals surface area contributed by atoms with Crippen LogP contribution in [0.3, 0.4) is 0 Å². The van der Waals surface area contributed by atoms with Crippen LogP contribution in [0.25, 0.3) is 0 Å². The van der Waals surface area contributed by atoms with Gasteiger partial charge in [0.1, 0.15) is 0 Å². The SMILES string of the molecule is CN(C)Cc1cncc2c1CCN(c1ncc(F)cn1)C2. The highest BCUT2D eigenvalue weighted by atomic mass is 19.1. The van der Waals surface area contributed by atoms with Gasteiger partial charge in [-0.2, -0.15) is 0 Å². The minimum Gasteiger partial charge on any atom is -0.336 e. The van der Waals surface area contributed by atoms with Gasteiger partial charge in [0.25, 0.3) is 0 Å². The van der Waals surface area contributed by atoms with E-state index in [0.29, 0.717) is 5.95 Å². The van der Waals surface area contributed by atoms with Gasteiger partial charge >= 0.3 is 0 Å². The summed E-state index contributed by atoms with van der Waals surface area (Å²) in [7, 11) is 4.11. The molecule has 3 rings (SSSR count). The smallest absolute Gasteiger partial charge is 0.225 e. The van der Waals surface area contributed by atoms with Gasteiger partial charge in [-0.05, 0) is 37.2 Å². The number of halogens is 1. The third kappa shape index (κ3) is 3.00. The summed E-state index contributed by atoms with van der Waals surface area (Å²) in [5, 5.41) is 0. The van der Waals surface area contributed by atoms with E-state index in [2.05, 4.69) is 38.8 Å². The predicted molar refractivity (Wildman–Crippen MR) is 78.4 cm³/mol. The van der Waals surface area contributed by atoms with E-state index in [4.69, 9.17) is 0 Å². The fraction of sp³-hybridized carbons (Fsp3) is 0.400. The molecule has 6 heteroatoms. The van der Waals surface area contributed by atoms with Gasteiger partial charge in [-0.25, -0.2) is 14.4 Å². The summed E-state index contributed by atoms with van der Waals surface area (Å²) in [6.07, 6.45) is 7.20. The van der Waals surface area contributed by atoms with Crippen LogP contribution in [-0.2, 0) is 19.5 Å². The minimum atomic E-state index is -0.411. The third-order valence-electron chi connectivity index (χ3n) is 3.61. The molecular formula is C15H18FN5. The lowest BCUT2D eigenvalue weighted by atomic mass is 9.97. The lowest BCUT2D eigenvalue weighted by Crippen LogP contribution is -2.33. The Morgan fingerprint density at radius 2 is 1.95 bits per heavy atom. The monoisotopic (exact) mass is 287 g/mol. The molecule has 0 fully saturated rings. The molecule has 0 unspecified atom stereocenters. The Morgan fingerprint density at radius 3 is 2.67 bits per heavy atom. The maximum Gasteiger partial charge on any atom is 0.225 e. The van der Waals surface area contributed by atoms with Crippen molar-refractivity contribution < 1.29 is 4.39 Å². The second kappa shape index (κ2) is 5.73. The van der Waals surface area contributed by atoms with Crippen LogP contribution < -0.4 is 4.90 Å². The maximum absolute atomic E-state index is 12.9. The van der Waals surface area contributed by atoms with Crippen molar-refractivity contribution in [2.45, 2.75) is 19.5 Å². The molecule has 1 aliphatic heterocycles. The first-order valence-electron chi connectivity index (χ1n) is 6.95. The van der Waals surface area contributed by atoms with Gasteiger partial charge in [0.15, 0.2) is 5.82 Å². The molecule has 21 heavy (non-hydrogen) atoms. The summed E-state index contributed by atoms with van der Waals surface area (Å²) >= 11 is 0. The van der Waals surface area contributed by atoms with E-state index in [-0.39, 0.29) is 0 Å². The molecule has 0 saturated carbocycles. The number of nitrogens with zero attached hydrogens (tertiary/aromatic N) is 5. The molecule has 0 spiro atoms. The van der Waals surface area contributed by atoms with E-state index >= 15 is 0 Å². The Bertz CT molecular complexity index is 626. The van der Waals surface area contributed by atoms with Gasteiger partial charge < -0.3 is 9.80 Å². The summed E-state index contributed by atoms with van der Waals surface area (Å²) in [5.41, 5.74) is 3.85. The first kappa shape index (κ1) is 13.9. The molecule has 110 valence electrons.